The van der Waals surface area contributed by atoms with E-state index in [0.717, 1.165) is 18.6 Å². The molecule has 1 aromatic heterocycles. The predicted molar refractivity (Wildman–Crippen MR) is 145 cm³/mol. The average Bonchev–Trinajstić information content (AvgIpc) is 2.91. The molecule has 4 rings (SSSR count). The number of likely N-dealkylation sites (tertiary alicyclic amines) is 1. The van der Waals surface area contributed by atoms with E-state index in [9.17, 15) is 4.79 Å². The third-order valence-corrected chi connectivity index (χ3v) is 5.71. The Balaban J connectivity index is 0.00000176. The van der Waals surface area contributed by atoms with Gasteiger partial charge < -0.3 is 20.7 Å². The number of hydrogen-bond acceptors (Lipinski definition) is 7. The second-order valence-electron chi connectivity index (χ2n) is 8.04. The molecule has 0 spiro atoms. The Morgan fingerprint density at radius 3 is 2.33 bits per heavy atom. The lowest BCUT2D eigenvalue weighted by atomic mass is 10.0. The second-order valence-corrected chi connectivity index (χ2v) is 8.04. The molecule has 8 heteroatoms. The summed E-state index contributed by atoms with van der Waals surface area (Å²) in [7, 11) is 0. The van der Waals surface area contributed by atoms with Crippen molar-refractivity contribution in [3.05, 3.63) is 84.2 Å². The summed E-state index contributed by atoms with van der Waals surface area (Å²) >= 11 is 0. The summed E-state index contributed by atoms with van der Waals surface area (Å²) in [5, 5.41) is 12.2. The van der Waals surface area contributed by atoms with E-state index < -0.39 is 0 Å². The highest BCUT2D eigenvalue weighted by atomic mass is 16.5. The minimum atomic E-state index is 0.0365. The Morgan fingerprint density at radius 1 is 1.06 bits per heavy atom. The van der Waals surface area contributed by atoms with Crippen LogP contribution < -0.4 is 15.8 Å². The largest absolute Gasteiger partial charge is 0.457 e. The van der Waals surface area contributed by atoms with Crippen LogP contribution in [0.15, 0.2) is 73.1 Å². The van der Waals surface area contributed by atoms with Gasteiger partial charge in [-0.25, -0.2) is 9.97 Å². The summed E-state index contributed by atoms with van der Waals surface area (Å²) in [4.78, 5) is 22.4. The number of nitrogens with one attached hydrogen (secondary N) is 2. The maximum Gasteiger partial charge on any atom is 0.246 e. The first-order valence-corrected chi connectivity index (χ1v) is 12.3. The van der Waals surface area contributed by atoms with E-state index in [1.807, 2.05) is 80.3 Å². The highest BCUT2D eigenvalue weighted by Gasteiger charge is 2.24. The molecule has 0 bridgehead atoms. The van der Waals surface area contributed by atoms with E-state index >= 15 is 0 Å². The first kappa shape index (κ1) is 26.4. The van der Waals surface area contributed by atoms with E-state index in [1.165, 1.54) is 6.33 Å². The molecule has 1 saturated heterocycles. The smallest absolute Gasteiger partial charge is 0.246 e. The molecule has 0 atom stereocenters. The van der Waals surface area contributed by atoms with Crippen molar-refractivity contribution >= 4 is 23.3 Å². The molecule has 36 heavy (non-hydrogen) atoms. The van der Waals surface area contributed by atoms with E-state index in [2.05, 4.69) is 15.3 Å². The first-order valence-electron chi connectivity index (χ1n) is 12.3. The van der Waals surface area contributed by atoms with Crippen molar-refractivity contribution in [2.45, 2.75) is 39.7 Å². The molecule has 0 saturated carbocycles. The summed E-state index contributed by atoms with van der Waals surface area (Å²) in [6, 6.07) is 16.9. The van der Waals surface area contributed by atoms with E-state index in [0.29, 0.717) is 35.8 Å². The normalized spacial score (nSPS) is 13.6. The third-order valence-electron chi connectivity index (χ3n) is 5.71. The van der Waals surface area contributed by atoms with Crippen molar-refractivity contribution in [1.82, 2.24) is 14.9 Å². The Kier molecular flexibility index (Phi) is 9.56. The summed E-state index contributed by atoms with van der Waals surface area (Å²) in [5.74, 6) is 2.23. The summed E-state index contributed by atoms with van der Waals surface area (Å²) < 4.78 is 5.84. The Labute approximate surface area is 212 Å². The quantitative estimate of drug-likeness (QED) is 0.309. The fourth-order valence-electron chi connectivity index (χ4n) is 3.90. The number of rotatable bonds is 7. The number of carbonyl (C=O) groups is 1. The zero-order chi connectivity index (χ0) is 25.9. The number of anilines is 2. The van der Waals surface area contributed by atoms with Gasteiger partial charge in [0.25, 0.3) is 0 Å². The Bertz CT molecular complexity index is 1170. The van der Waals surface area contributed by atoms with Gasteiger partial charge in [-0.3, -0.25) is 10.2 Å². The molecule has 0 aliphatic carbocycles. The molecule has 8 nitrogen and oxygen atoms in total. The second kappa shape index (κ2) is 13.0. The fraction of sp³-hybridized carbons (Fsp3) is 0.286. The molecule has 0 unspecified atom stereocenters. The van der Waals surface area contributed by atoms with Crippen LogP contribution >= 0.6 is 0 Å². The van der Waals surface area contributed by atoms with Crippen LogP contribution in [0, 0.1) is 5.41 Å². The molecule has 0 radical (unpaired) electrons. The van der Waals surface area contributed by atoms with Crippen molar-refractivity contribution in [3.63, 3.8) is 0 Å². The van der Waals surface area contributed by atoms with Crippen molar-refractivity contribution in [2.75, 3.05) is 24.1 Å². The van der Waals surface area contributed by atoms with Gasteiger partial charge in [0.2, 0.25) is 5.91 Å². The minimum absolute atomic E-state index is 0.0365. The molecular weight excluding hydrogens is 452 g/mol. The maximum absolute atomic E-state index is 12.1. The van der Waals surface area contributed by atoms with Gasteiger partial charge in [0.05, 0.1) is 11.3 Å². The number of benzene rings is 2. The van der Waals surface area contributed by atoms with Gasteiger partial charge in [-0.1, -0.05) is 38.1 Å². The van der Waals surface area contributed by atoms with Crippen LogP contribution in [0.3, 0.4) is 0 Å². The summed E-state index contributed by atoms with van der Waals surface area (Å²) in [5.41, 5.74) is 7.55. The van der Waals surface area contributed by atoms with Gasteiger partial charge in [0, 0.05) is 24.7 Å². The average molecular weight is 487 g/mol. The molecule has 3 aromatic rings. The lowest BCUT2D eigenvalue weighted by Crippen LogP contribution is -2.42. The molecular formula is C28H34N6O2. The molecule has 1 aliphatic rings. The number of nitrogens with zero attached hydrogens (tertiary/aromatic N) is 3. The van der Waals surface area contributed by atoms with E-state index in [-0.39, 0.29) is 23.5 Å². The van der Waals surface area contributed by atoms with Crippen LogP contribution in [0.2, 0.25) is 0 Å². The molecule has 4 N–H and O–H groups in total. The number of allylic oxidation sites excluding steroid dienone is 1. The number of aromatic nitrogens is 2. The zero-order valence-electron chi connectivity index (χ0n) is 21.1. The lowest BCUT2D eigenvalue weighted by Gasteiger charge is -2.32. The van der Waals surface area contributed by atoms with Crippen molar-refractivity contribution in [1.29, 1.82) is 5.41 Å². The van der Waals surface area contributed by atoms with Gasteiger partial charge in [-0.15, -0.1) is 0 Å². The van der Waals surface area contributed by atoms with Crippen LogP contribution in [0.5, 0.6) is 11.5 Å². The topological polar surface area (TPSA) is 117 Å². The predicted octanol–water partition coefficient (Wildman–Crippen LogP) is 5.27. The number of amides is 1. The van der Waals surface area contributed by atoms with Crippen LogP contribution in [0.25, 0.3) is 0 Å². The Hall–Kier alpha value is -4.20. The van der Waals surface area contributed by atoms with Crippen LogP contribution in [0.4, 0.5) is 11.6 Å². The lowest BCUT2D eigenvalue weighted by molar-refractivity contribution is -0.126. The number of piperidine rings is 1. The molecule has 1 aliphatic heterocycles. The van der Waals surface area contributed by atoms with Crippen LogP contribution in [0.1, 0.15) is 44.7 Å². The monoisotopic (exact) mass is 486 g/mol. The molecule has 188 valence electrons. The number of nitrogens with two attached hydrogens (primary N) is 1. The van der Waals surface area contributed by atoms with Gasteiger partial charge in [0.1, 0.15) is 29.5 Å². The third kappa shape index (κ3) is 6.69. The van der Waals surface area contributed by atoms with Gasteiger partial charge in [0.15, 0.2) is 0 Å². The van der Waals surface area contributed by atoms with Crippen molar-refractivity contribution < 1.29 is 9.53 Å². The molecule has 2 aromatic carbocycles. The van der Waals surface area contributed by atoms with E-state index in [1.54, 1.807) is 12.2 Å². The van der Waals surface area contributed by atoms with Crippen LogP contribution in [-0.2, 0) is 4.79 Å². The highest BCUT2D eigenvalue weighted by molar-refractivity contribution is 6.16. The number of para-hydroxylation sites is 1. The number of carbonyl (C=O) groups excluding carboxylic acids is 1. The van der Waals surface area contributed by atoms with Gasteiger partial charge in [-0.05, 0) is 62.2 Å². The number of hydrogen-bond donors (Lipinski definition) is 3. The number of ether oxygens (including phenoxy) is 1. The standard InChI is InChI=1S/C26H28N6O2.C2H6/c1-2-6-22(33)32-15-13-19(14-16-32)31-26-23(25(28)29-17-30-26)24(27)18-9-11-21(12-10-18)34-20-7-4-3-5-8-20;1-2/h2-12,17,19,27H,13-16H2,1H3,(H3,28,29,30,31);1-2H3/b6-2+,27-24?;. The molecule has 1 fully saturated rings. The zero-order valence-corrected chi connectivity index (χ0v) is 21.1. The fourth-order valence-corrected chi connectivity index (χ4v) is 3.90. The van der Waals surface area contributed by atoms with Gasteiger partial charge >= 0.3 is 0 Å². The minimum Gasteiger partial charge on any atom is -0.457 e. The maximum atomic E-state index is 12.1. The number of nitrogen functional groups attached to an aromatic ring is 1. The first-order chi connectivity index (χ1) is 17.5. The summed E-state index contributed by atoms with van der Waals surface area (Å²) in [6.45, 7) is 7.17. The van der Waals surface area contributed by atoms with E-state index in [4.69, 9.17) is 15.9 Å². The highest BCUT2D eigenvalue weighted by Crippen LogP contribution is 2.26. The SMILES string of the molecule is C/C=C/C(=O)N1CCC(Nc2ncnc(N)c2C(=N)c2ccc(Oc3ccccc3)cc2)CC1.CC. The summed E-state index contributed by atoms with van der Waals surface area (Å²) in [6.07, 6.45) is 6.32. The van der Waals surface area contributed by atoms with Crippen LogP contribution in [-0.4, -0.2) is 45.6 Å². The van der Waals surface area contributed by atoms with Crippen molar-refractivity contribution in [2.24, 2.45) is 0 Å². The van der Waals surface area contributed by atoms with Crippen molar-refractivity contribution in [3.8, 4) is 11.5 Å². The Morgan fingerprint density at radius 2 is 1.69 bits per heavy atom. The molecule has 1 amide bonds. The molecule has 2 heterocycles. The van der Waals surface area contributed by atoms with Gasteiger partial charge in [-0.2, -0.15) is 0 Å².